The lowest BCUT2D eigenvalue weighted by atomic mass is 10.3. The zero-order chi connectivity index (χ0) is 7.56. The molecular weight excluding hydrogens is 146 g/mol. The van der Waals surface area contributed by atoms with E-state index >= 15 is 0 Å². The second kappa shape index (κ2) is 2.66. The molecule has 52 valence electrons. The summed E-state index contributed by atoms with van der Waals surface area (Å²) in [5.74, 6) is 0. The van der Waals surface area contributed by atoms with Gasteiger partial charge in [-0.1, -0.05) is 24.5 Å². The standard InChI is InChI=1S/C7H7NOS/c1-3-5-6(4-2)10-7(9)8-5/h3-4H,1-2H2,(H,8,9). The van der Waals surface area contributed by atoms with Crippen molar-refractivity contribution in [2.45, 2.75) is 0 Å². The van der Waals surface area contributed by atoms with Crippen LogP contribution in [0.1, 0.15) is 10.6 Å². The molecule has 0 aliphatic rings. The van der Waals surface area contributed by atoms with E-state index in [0.717, 1.165) is 21.9 Å². The monoisotopic (exact) mass is 153 g/mol. The highest BCUT2D eigenvalue weighted by atomic mass is 32.1. The molecule has 1 rings (SSSR count). The van der Waals surface area contributed by atoms with Crippen molar-refractivity contribution in [3.8, 4) is 0 Å². The fraction of sp³-hybridized carbons (Fsp3) is 0. The Morgan fingerprint density at radius 2 is 2.10 bits per heavy atom. The van der Waals surface area contributed by atoms with E-state index in [0.29, 0.717) is 0 Å². The Labute approximate surface area is 62.5 Å². The first-order valence-electron chi connectivity index (χ1n) is 2.76. The maximum absolute atomic E-state index is 10.7. The summed E-state index contributed by atoms with van der Waals surface area (Å²) in [6.45, 7) is 7.10. The summed E-state index contributed by atoms with van der Waals surface area (Å²) in [5.41, 5.74) is 0.755. The van der Waals surface area contributed by atoms with Gasteiger partial charge in [0, 0.05) is 0 Å². The van der Waals surface area contributed by atoms with Gasteiger partial charge in [0.2, 0.25) is 0 Å². The summed E-state index contributed by atoms with van der Waals surface area (Å²) in [5, 5.41) is 0. The van der Waals surface area contributed by atoms with Crippen molar-refractivity contribution >= 4 is 23.5 Å². The lowest BCUT2D eigenvalue weighted by Gasteiger charge is -1.84. The summed E-state index contributed by atoms with van der Waals surface area (Å²) in [4.78, 5) is 14.1. The SMILES string of the molecule is C=Cc1[nH]c(=O)sc1C=C. The number of H-pyrrole nitrogens is 1. The number of rotatable bonds is 2. The average molecular weight is 153 g/mol. The topological polar surface area (TPSA) is 32.9 Å². The Balaban J connectivity index is 3.33. The Hall–Kier alpha value is -1.09. The van der Waals surface area contributed by atoms with E-state index in [-0.39, 0.29) is 4.87 Å². The minimum atomic E-state index is -0.0650. The normalized spacial score (nSPS) is 9.20. The molecule has 1 heterocycles. The van der Waals surface area contributed by atoms with Crippen molar-refractivity contribution < 1.29 is 0 Å². The number of aromatic amines is 1. The minimum absolute atomic E-state index is 0.0650. The second-order valence-corrected chi connectivity index (χ2v) is 2.72. The molecule has 0 atom stereocenters. The van der Waals surface area contributed by atoms with Crippen molar-refractivity contribution in [3.63, 3.8) is 0 Å². The van der Waals surface area contributed by atoms with Gasteiger partial charge in [-0.2, -0.15) is 0 Å². The van der Waals surface area contributed by atoms with Crippen molar-refractivity contribution in [2.24, 2.45) is 0 Å². The molecule has 0 fully saturated rings. The van der Waals surface area contributed by atoms with Gasteiger partial charge in [-0.25, -0.2) is 0 Å². The van der Waals surface area contributed by atoms with Crippen LogP contribution < -0.4 is 4.87 Å². The van der Waals surface area contributed by atoms with Crippen molar-refractivity contribution in [3.05, 3.63) is 33.4 Å². The summed E-state index contributed by atoms with van der Waals surface area (Å²) in [6, 6.07) is 0. The van der Waals surface area contributed by atoms with Crippen LogP contribution in [0.4, 0.5) is 0 Å². The largest absolute Gasteiger partial charge is 0.312 e. The predicted molar refractivity (Wildman–Crippen MR) is 45.1 cm³/mol. The van der Waals surface area contributed by atoms with Gasteiger partial charge < -0.3 is 4.98 Å². The van der Waals surface area contributed by atoms with Gasteiger partial charge in [-0.3, -0.25) is 4.79 Å². The van der Waals surface area contributed by atoms with E-state index in [1.165, 1.54) is 0 Å². The molecule has 10 heavy (non-hydrogen) atoms. The van der Waals surface area contributed by atoms with E-state index in [4.69, 9.17) is 0 Å². The highest BCUT2D eigenvalue weighted by Crippen LogP contribution is 2.10. The molecule has 1 N–H and O–H groups in total. The number of hydrogen-bond donors (Lipinski definition) is 1. The third-order valence-electron chi connectivity index (χ3n) is 1.09. The Bertz CT molecular complexity index is 279. The predicted octanol–water partition coefficient (Wildman–Crippen LogP) is 1.72. The first-order chi connectivity index (χ1) is 4.77. The van der Waals surface area contributed by atoms with Crippen LogP contribution in [0.15, 0.2) is 18.0 Å². The molecule has 0 amide bonds. The number of nitrogens with one attached hydrogen (secondary N) is 1. The molecule has 0 unspecified atom stereocenters. The quantitative estimate of drug-likeness (QED) is 0.689. The third kappa shape index (κ3) is 1.09. The van der Waals surface area contributed by atoms with Crippen LogP contribution in [-0.2, 0) is 0 Å². The molecule has 0 saturated heterocycles. The lowest BCUT2D eigenvalue weighted by molar-refractivity contribution is 1.31. The highest BCUT2D eigenvalue weighted by Gasteiger charge is 1.98. The lowest BCUT2D eigenvalue weighted by Crippen LogP contribution is -1.91. The van der Waals surface area contributed by atoms with Gasteiger partial charge in [0.15, 0.2) is 0 Å². The Kier molecular flexibility index (Phi) is 1.87. The van der Waals surface area contributed by atoms with Gasteiger partial charge in [-0.05, 0) is 12.2 Å². The molecule has 0 aliphatic carbocycles. The van der Waals surface area contributed by atoms with Crippen LogP contribution in [0.5, 0.6) is 0 Å². The van der Waals surface area contributed by atoms with E-state index in [9.17, 15) is 4.79 Å². The van der Waals surface area contributed by atoms with Gasteiger partial charge in [-0.15, -0.1) is 0 Å². The summed E-state index contributed by atoms with van der Waals surface area (Å²) >= 11 is 1.14. The number of aromatic nitrogens is 1. The maximum atomic E-state index is 10.7. The van der Waals surface area contributed by atoms with Gasteiger partial charge in [0.25, 0.3) is 0 Å². The molecule has 0 aromatic carbocycles. The van der Waals surface area contributed by atoms with Crippen molar-refractivity contribution in [2.75, 3.05) is 0 Å². The fourth-order valence-corrected chi connectivity index (χ4v) is 1.34. The zero-order valence-electron chi connectivity index (χ0n) is 5.39. The first kappa shape index (κ1) is 7.02. The van der Waals surface area contributed by atoms with Gasteiger partial charge >= 0.3 is 4.87 Å². The average Bonchev–Trinajstić information content (AvgIpc) is 2.30. The zero-order valence-corrected chi connectivity index (χ0v) is 6.20. The second-order valence-electron chi connectivity index (χ2n) is 1.70. The molecule has 3 heteroatoms. The van der Waals surface area contributed by atoms with E-state index < -0.39 is 0 Å². The molecule has 2 nitrogen and oxygen atoms in total. The van der Waals surface area contributed by atoms with Gasteiger partial charge in [0.05, 0.1) is 10.6 Å². The van der Waals surface area contributed by atoms with E-state index in [2.05, 4.69) is 18.1 Å². The Morgan fingerprint density at radius 3 is 2.50 bits per heavy atom. The highest BCUT2D eigenvalue weighted by molar-refractivity contribution is 7.10. The fourth-order valence-electron chi connectivity index (χ4n) is 0.655. The minimum Gasteiger partial charge on any atom is -0.312 e. The first-order valence-corrected chi connectivity index (χ1v) is 3.57. The van der Waals surface area contributed by atoms with Gasteiger partial charge in [0.1, 0.15) is 0 Å². The summed E-state index contributed by atoms with van der Waals surface area (Å²) < 4.78 is 0. The number of thiazole rings is 1. The molecule has 0 spiro atoms. The molecule has 0 aliphatic heterocycles. The smallest absolute Gasteiger partial charge is 0.305 e. The summed E-state index contributed by atoms with van der Waals surface area (Å²) in [6.07, 6.45) is 3.24. The summed E-state index contributed by atoms with van der Waals surface area (Å²) in [7, 11) is 0. The molecule has 0 radical (unpaired) electrons. The van der Waals surface area contributed by atoms with E-state index in [1.54, 1.807) is 12.2 Å². The molecular formula is C7H7NOS. The van der Waals surface area contributed by atoms with Crippen LogP contribution in [0.3, 0.4) is 0 Å². The van der Waals surface area contributed by atoms with Crippen LogP contribution >= 0.6 is 11.3 Å². The van der Waals surface area contributed by atoms with Crippen LogP contribution in [0.25, 0.3) is 12.2 Å². The maximum Gasteiger partial charge on any atom is 0.305 e. The number of hydrogen-bond acceptors (Lipinski definition) is 2. The molecule has 1 aromatic heterocycles. The van der Waals surface area contributed by atoms with E-state index in [1.807, 2.05) is 0 Å². The molecule has 1 aromatic rings. The molecule has 0 bridgehead atoms. The Morgan fingerprint density at radius 1 is 1.40 bits per heavy atom. The molecule has 0 saturated carbocycles. The third-order valence-corrected chi connectivity index (χ3v) is 1.99. The van der Waals surface area contributed by atoms with Crippen LogP contribution in [-0.4, -0.2) is 4.98 Å². The van der Waals surface area contributed by atoms with Crippen LogP contribution in [0, 0.1) is 0 Å². The van der Waals surface area contributed by atoms with Crippen molar-refractivity contribution in [1.82, 2.24) is 4.98 Å². The van der Waals surface area contributed by atoms with Crippen LogP contribution in [0.2, 0.25) is 0 Å². The van der Waals surface area contributed by atoms with Crippen molar-refractivity contribution in [1.29, 1.82) is 0 Å².